The maximum atomic E-state index is 12.0. The number of allylic oxidation sites excluding steroid dienone is 1. The average Bonchev–Trinajstić information content (AvgIpc) is 3.09. The van der Waals surface area contributed by atoms with Gasteiger partial charge in [-0.25, -0.2) is 0 Å². The van der Waals surface area contributed by atoms with Gasteiger partial charge in [-0.2, -0.15) is 0 Å². The molecule has 1 aliphatic carbocycles. The lowest BCUT2D eigenvalue weighted by atomic mass is 9.74. The summed E-state index contributed by atoms with van der Waals surface area (Å²) in [4.78, 5) is 24.0. The molecule has 1 heterocycles. The van der Waals surface area contributed by atoms with Gasteiger partial charge in [-0.3, -0.25) is 9.59 Å². The van der Waals surface area contributed by atoms with Crippen molar-refractivity contribution in [3.63, 3.8) is 0 Å². The Morgan fingerprint density at radius 2 is 1.71 bits per heavy atom. The van der Waals surface area contributed by atoms with E-state index < -0.39 is 27.9 Å². The van der Waals surface area contributed by atoms with Crippen molar-refractivity contribution in [2.24, 2.45) is 5.41 Å². The number of carboxylic acids is 2. The third kappa shape index (κ3) is 2.08. The first-order valence-electron chi connectivity index (χ1n) is 6.55. The summed E-state index contributed by atoms with van der Waals surface area (Å²) >= 11 is 2.87. The second-order valence-corrected chi connectivity index (χ2v) is 7.74. The fraction of sp³-hybridized carbons (Fsp3) is 0.333. The smallest absolute Gasteiger partial charge is 0.324 e. The van der Waals surface area contributed by atoms with Crippen molar-refractivity contribution in [2.75, 3.05) is 11.5 Å². The first-order chi connectivity index (χ1) is 10.1. The molecular weight excluding hydrogens is 308 g/mol. The molecule has 1 aromatic rings. The average molecular weight is 322 g/mol. The van der Waals surface area contributed by atoms with E-state index in [0.717, 1.165) is 22.6 Å². The van der Waals surface area contributed by atoms with Gasteiger partial charge >= 0.3 is 11.9 Å². The molecule has 0 amide bonds. The Hall–Kier alpha value is -1.40. The first-order valence-corrected chi connectivity index (χ1v) is 8.65. The van der Waals surface area contributed by atoms with Crippen molar-refractivity contribution in [1.82, 2.24) is 0 Å². The molecule has 21 heavy (non-hydrogen) atoms. The summed E-state index contributed by atoms with van der Waals surface area (Å²) in [6.07, 6.45) is 3.55. The van der Waals surface area contributed by atoms with Crippen LogP contribution in [0.25, 0.3) is 6.08 Å². The maximum Gasteiger partial charge on any atom is 0.324 e. The molecule has 0 saturated carbocycles. The largest absolute Gasteiger partial charge is 0.480 e. The number of thioether (sulfide) groups is 2. The van der Waals surface area contributed by atoms with Crippen molar-refractivity contribution in [3.05, 3.63) is 41.5 Å². The topological polar surface area (TPSA) is 74.6 Å². The van der Waals surface area contributed by atoms with Gasteiger partial charge in [0.1, 0.15) is 0 Å². The summed E-state index contributed by atoms with van der Waals surface area (Å²) in [5, 5.41) is 19.6. The minimum Gasteiger partial charge on any atom is -0.480 e. The molecule has 4 nitrogen and oxygen atoms in total. The summed E-state index contributed by atoms with van der Waals surface area (Å²) in [7, 11) is 0. The second kappa shape index (κ2) is 5.42. The van der Waals surface area contributed by atoms with Crippen LogP contribution in [0, 0.1) is 5.41 Å². The van der Waals surface area contributed by atoms with Crippen LogP contribution in [-0.2, 0) is 9.59 Å². The van der Waals surface area contributed by atoms with Gasteiger partial charge < -0.3 is 10.2 Å². The Labute approximate surface area is 130 Å². The lowest BCUT2D eigenvalue weighted by molar-refractivity contribution is -0.164. The lowest BCUT2D eigenvalue weighted by Crippen LogP contribution is -2.49. The monoisotopic (exact) mass is 322 g/mol. The van der Waals surface area contributed by atoms with Crippen LogP contribution in [0.15, 0.2) is 30.3 Å². The van der Waals surface area contributed by atoms with Crippen molar-refractivity contribution in [1.29, 1.82) is 0 Å². The Bertz CT molecular complexity index is 606. The van der Waals surface area contributed by atoms with Crippen LogP contribution in [0.1, 0.15) is 17.0 Å². The zero-order valence-electron chi connectivity index (χ0n) is 11.1. The summed E-state index contributed by atoms with van der Waals surface area (Å²) in [6, 6.07) is 7.40. The van der Waals surface area contributed by atoms with Crippen LogP contribution in [0.3, 0.4) is 0 Å². The first kappa shape index (κ1) is 14.5. The standard InChI is InChI=1S/C15H14O4S2/c16-12(17)15(13(18)19,14-20-7-8-21-14)11-6-5-9-3-1-2-4-10(9)11/h1-6,11,14H,7-8H2,(H,16,17)(H,18,19). The number of carbonyl (C=O) groups is 2. The van der Waals surface area contributed by atoms with E-state index in [1.165, 1.54) is 23.5 Å². The van der Waals surface area contributed by atoms with Crippen LogP contribution in [0.2, 0.25) is 0 Å². The molecule has 2 aliphatic rings. The minimum absolute atomic E-state index is 0.478. The number of fused-ring (bicyclic) bond motifs is 1. The normalized spacial score (nSPS) is 21.4. The van der Waals surface area contributed by atoms with Gasteiger partial charge in [0.25, 0.3) is 0 Å². The highest BCUT2D eigenvalue weighted by Gasteiger charge is 2.60. The predicted octanol–water partition coefficient (Wildman–Crippen LogP) is 2.76. The summed E-state index contributed by atoms with van der Waals surface area (Å²) in [5.74, 6) is -1.57. The van der Waals surface area contributed by atoms with Crippen LogP contribution < -0.4 is 0 Å². The number of hydrogen-bond acceptors (Lipinski definition) is 4. The molecule has 0 radical (unpaired) electrons. The zero-order valence-corrected chi connectivity index (χ0v) is 12.7. The lowest BCUT2D eigenvalue weighted by Gasteiger charge is -2.34. The predicted molar refractivity (Wildman–Crippen MR) is 84.6 cm³/mol. The zero-order chi connectivity index (χ0) is 15.0. The van der Waals surface area contributed by atoms with Crippen LogP contribution in [0.4, 0.5) is 0 Å². The highest BCUT2D eigenvalue weighted by atomic mass is 32.2. The number of rotatable bonds is 4. The van der Waals surface area contributed by atoms with E-state index in [2.05, 4.69) is 0 Å². The molecule has 2 N–H and O–H groups in total. The molecule has 1 atom stereocenters. The van der Waals surface area contributed by atoms with E-state index >= 15 is 0 Å². The number of benzene rings is 1. The molecule has 1 aromatic carbocycles. The van der Waals surface area contributed by atoms with Gasteiger partial charge in [0.2, 0.25) is 0 Å². The van der Waals surface area contributed by atoms with E-state index in [4.69, 9.17) is 0 Å². The summed E-state index contributed by atoms with van der Waals surface area (Å²) < 4.78 is -0.478. The van der Waals surface area contributed by atoms with Gasteiger partial charge in [0.15, 0.2) is 5.41 Å². The summed E-state index contributed by atoms with van der Waals surface area (Å²) in [5.41, 5.74) is -0.132. The van der Waals surface area contributed by atoms with Gasteiger partial charge in [-0.15, -0.1) is 23.5 Å². The van der Waals surface area contributed by atoms with E-state index in [0.29, 0.717) is 0 Å². The Kier molecular flexibility index (Phi) is 3.75. The Morgan fingerprint density at radius 3 is 2.33 bits per heavy atom. The van der Waals surface area contributed by atoms with Crippen LogP contribution in [-0.4, -0.2) is 38.2 Å². The molecule has 0 aromatic heterocycles. The van der Waals surface area contributed by atoms with Crippen LogP contribution in [0.5, 0.6) is 0 Å². The molecule has 0 bridgehead atoms. The molecule has 1 unspecified atom stereocenters. The van der Waals surface area contributed by atoms with Crippen molar-refractivity contribution in [2.45, 2.75) is 10.5 Å². The number of carboxylic acid groups (broad SMARTS) is 2. The third-order valence-electron chi connectivity index (χ3n) is 3.99. The van der Waals surface area contributed by atoms with Crippen molar-refractivity contribution < 1.29 is 19.8 Å². The van der Waals surface area contributed by atoms with E-state index in [1.54, 1.807) is 6.08 Å². The molecule has 1 fully saturated rings. The molecule has 3 rings (SSSR count). The maximum absolute atomic E-state index is 12.0. The Balaban J connectivity index is 2.15. The van der Waals surface area contributed by atoms with E-state index in [9.17, 15) is 19.8 Å². The van der Waals surface area contributed by atoms with Crippen molar-refractivity contribution in [3.8, 4) is 0 Å². The fourth-order valence-electron chi connectivity index (χ4n) is 2.97. The van der Waals surface area contributed by atoms with Gasteiger partial charge in [-0.05, 0) is 11.1 Å². The highest BCUT2D eigenvalue weighted by molar-refractivity contribution is 8.20. The Morgan fingerprint density at radius 1 is 1.10 bits per heavy atom. The van der Waals surface area contributed by atoms with Gasteiger partial charge in [0, 0.05) is 17.4 Å². The van der Waals surface area contributed by atoms with E-state index in [-0.39, 0.29) is 0 Å². The number of aliphatic carboxylic acids is 2. The molecule has 110 valence electrons. The molecular formula is C15H14O4S2. The minimum atomic E-state index is -1.82. The van der Waals surface area contributed by atoms with Crippen LogP contribution >= 0.6 is 23.5 Å². The summed E-state index contributed by atoms with van der Waals surface area (Å²) in [6.45, 7) is 0. The fourth-order valence-corrected chi connectivity index (χ4v) is 6.36. The van der Waals surface area contributed by atoms with Gasteiger partial charge in [-0.1, -0.05) is 36.4 Å². The van der Waals surface area contributed by atoms with Crippen molar-refractivity contribution >= 4 is 41.5 Å². The molecule has 0 spiro atoms. The second-order valence-electron chi connectivity index (χ2n) is 5.02. The van der Waals surface area contributed by atoms with E-state index in [1.807, 2.05) is 30.3 Å². The quantitative estimate of drug-likeness (QED) is 0.830. The van der Waals surface area contributed by atoms with Gasteiger partial charge in [0.05, 0.1) is 4.58 Å². The molecule has 1 aliphatic heterocycles. The molecule has 6 heteroatoms. The SMILES string of the molecule is O=C(O)C(C(=O)O)(C1SCCS1)C1C=Cc2ccccc21. The number of hydrogen-bond donors (Lipinski definition) is 2. The third-order valence-corrected chi connectivity index (χ3v) is 7.29. The highest BCUT2D eigenvalue weighted by Crippen LogP contribution is 2.54. The molecule has 1 saturated heterocycles.